The third-order valence-corrected chi connectivity index (χ3v) is 6.16. The molecule has 4 aromatic rings. The number of halogens is 1. The van der Waals surface area contributed by atoms with Gasteiger partial charge in [0.2, 0.25) is 5.95 Å². The number of rotatable bonds is 5. The first kappa shape index (κ1) is 21.9. The van der Waals surface area contributed by atoms with Crippen LogP contribution in [-0.2, 0) is 20.1 Å². The van der Waals surface area contributed by atoms with Crippen LogP contribution in [0.1, 0.15) is 19.4 Å². The molecule has 0 aliphatic carbocycles. The molecule has 5 rings (SSSR count). The molecule has 2 aromatic heterocycles. The molecule has 34 heavy (non-hydrogen) atoms. The third kappa shape index (κ3) is 3.67. The van der Waals surface area contributed by atoms with Crippen molar-refractivity contribution in [1.29, 1.82) is 0 Å². The summed E-state index contributed by atoms with van der Waals surface area (Å²) in [5, 5.41) is 0. The highest BCUT2D eigenvalue weighted by Gasteiger charge is 2.29. The van der Waals surface area contributed by atoms with Crippen molar-refractivity contribution in [2.45, 2.75) is 26.9 Å². The Morgan fingerprint density at radius 2 is 1.76 bits per heavy atom. The van der Waals surface area contributed by atoms with E-state index in [4.69, 9.17) is 9.72 Å². The normalized spacial score (nSPS) is 15.5. The summed E-state index contributed by atoms with van der Waals surface area (Å²) >= 11 is 0. The van der Waals surface area contributed by atoms with E-state index in [1.165, 1.54) is 21.3 Å². The number of nitrogens with zero attached hydrogens (tertiary/aromatic N) is 5. The van der Waals surface area contributed by atoms with Gasteiger partial charge in [-0.15, -0.1) is 0 Å². The van der Waals surface area contributed by atoms with Crippen molar-refractivity contribution < 1.29 is 9.13 Å². The maximum absolute atomic E-state index is 13.6. The van der Waals surface area contributed by atoms with E-state index in [1.807, 2.05) is 35.8 Å². The summed E-state index contributed by atoms with van der Waals surface area (Å²) in [5.74, 6) is 1.30. The monoisotopic (exact) mass is 463 g/mol. The molecule has 1 atom stereocenters. The van der Waals surface area contributed by atoms with Gasteiger partial charge in [-0.05, 0) is 54.8 Å². The predicted molar refractivity (Wildman–Crippen MR) is 129 cm³/mol. The number of ether oxygens (including phenoxy) is 1. The van der Waals surface area contributed by atoms with Crippen LogP contribution in [0, 0.1) is 11.7 Å². The van der Waals surface area contributed by atoms with Crippen molar-refractivity contribution in [3.8, 4) is 5.75 Å². The lowest BCUT2D eigenvalue weighted by Crippen LogP contribution is -2.40. The van der Waals surface area contributed by atoms with Crippen LogP contribution in [0.5, 0.6) is 5.75 Å². The number of fused-ring (bicyclic) bond motifs is 3. The lowest BCUT2D eigenvalue weighted by Gasteiger charge is -2.33. The highest BCUT2D eigenvalue weighted by Crippen LogP contribution is 2.33. The topological polar surface area (TPSA) is 74.3 Å². The van der Waals surface area contributed by atoms with Crippen molar-refractivity contribution in [2.24, 2.45) is 13.0 Å². The molecule has 0 spiro atoms. The van der Waals surface area contributed by atoms with Crippen LogP contribution in [-0.4, -0.2) is 31.8 Å². The van der Waals surface area contributed by atoms with Gasteiger partial charge in [0, 0.05) is 25.8 Å². The zero-order chi connectivity index (χ0) is 24.0. The van der Waals surface area contributed by atoms with Gasteiger partial charge in [-0.25, -0.2) is 9.18 Å². The fraction of sp³-hybridized carbons (Fsp3) is 0.320. The van der Waals surface area contributed by atoms with Gasteiger partial charge in [0.15, 0.2) is 11.2 Å². The minimum absolute atomic E-state index is 0.0560. The first-order chi connectivity index (χ1) is 16.4. The lowest BCUT2D eigenvalue weighted by molar-refractivity contribution is 0.340. The smallest absolute Gasteiger partial charge is 0.332 e. The van der Waals surface area contributed by atoms with Gasteiger partial charge in [0.1, 0.15) is 11.6 Å². The molecule has 2 aromatic carbocycles. The Balaban J connectivity index is 1.65. The van der Waals surface area contributed by atoms with E-state index in [1.54, 1.807) is 19.2 Å². The standard InChI is InChI=1S/C25H26FN5O3/c1-4-34-20-11-9-19(10-12-20)29-13-16(2)14-30-21-22(27-24(29)30)28(3)25(33)31(23(21)32)15-17-5-7-18(26)8-6-17/h5-12,16H,4,13-15H2,1-3H3/t16-/m0/s1. The molecule has 176 valence electrons. The second-order valence-electron chi connectivity index (χ2n) is 8.70. The summed E-state index contributed by atoms with van der Waals surface area (Å²) < 4.78 is 23.4. The number of hydrogen-bond donors (Lipinski definition) is 0. The van der Waals surface area contributed by atoms with Crippen LogP contribution in [0.25, 0.3) is 11.2 Å². The van der Waals surface area contributed by atoms with Crippen molar-refractivity contribution >= 4 is 22.8 Å². The fourth-order valence-corrected chi connectivity index (χ4v) is 4.52. The van der Waals surface area contributed by atoms with Gasteiger partial charge in [0.05, 0.1) is 13.2 Å². The first-order valence-electron chi connectivity index (χ1n) is 11.3. The van der Waals surface area contributed by atoms with Gasteiger partial charge >= 0.3 is 5.69 Å². The van der Waals surface area contributed by atoms with Crippen LogP contribution in [0.2, 0.25) is 0 Å². The van der Waals surface area contributed by atoms with Gasteiger partial charge in [-0.2, -0.15) is 4.98 Å². The molecule has 0 N–H and O–H groups in total. The molecule has 9 heteroatoms. The molecule has 0 fully saturated rings. The predicted octanol–water partition coefficient (Wildman–Crippen LogP) is 3.27. The highest BCUT2D eigenvalue weighted by atomic mass is 19.1. The SMILES string of the molecule is CCOc1ccc(N2C[C@H](C)Cn3c2nc2c3c(=O)n(Cc3ccc(F)cc3)c(=O)n2C)cc1. The third-order valence-electron chi connectivity index (χ3n) is 6.16. The minimum Gasteiger partial charge on any atom is -0.494 e. The number of imidazole rings is 1. The highest BCUT2D eigenvalue weighted by molar-refractivity contribution is 5.77. The Bertz CT molecular complexity index is 1470. The largest absolute Gasteiger partial charge is 0.494 e. The van der Waals surface area contributed by atoms with E-state index in [-0.39, 0.29) is 18.3 Å². The zero-order valence-corrected chi connectivity index (χ0v) is 19.4. The van der Waals surface area contributed by atoms with E-state index < -0.39 is 11.2 Å². The quantitative estimate of drug-likeness (QED) is 0.454. The molecular formula is C25H26FN5O3. The molecule has 0 radical (unpaired) electrons. The molecule has 0 saturated heterocycles. The Morgan fingerprint density at radius 3 is 2.44 bits per heavy atom. The van der Waals surface area contributed by atoms with E-state index in [0.29, 0.717) is 35.8 Å². The second-order valence-corrected chi connectivity index (χ2v) is 8.70. The average Bonchev–Trinajstić information content (AvgIpc) is 3.21. The molecule has 0 saturated carbocycles. The zero-order valence-electron chi connectivity index (χ0n) is 19.4. The van der Waals surface area contributed by atoms with Crippen LogP contribution >= 0.6 is 0 Å². The molecule has 0 bridgehead atoms. The van der Waals surface area contributed by atoms with E-state index in [0.717, 1.165) is 18.0 Å². The fourth-order valence-electron chi connectivity index (χ4n) is 4.52. The van der Waals surface area contributed by atoms with Crippen LogP contribution in [0.4, 0.5) is 16.0 Å². The minimum atomic E-state index is -0.460. The number of benzene rings is 2. The van der Waals surface area contributed by atoms with Gasteiger partial charge in [-0.3, -0.25) is 13.9 Å². The Kier molecular flexibility index (Phi) is 5.47. The number of anilines is 2. The van der Waals surface area contributed by atoms with Crippen LogP contribution in [0.15, 0.2) is 58.1 Å². The van der Waals surface area contributed by atoms with Gasteiger partial charge in [-0.1, -0.05) is 19.1 Å². The molecule has 3 heterocycles. The number of hydrogen-bond acceptors (Lipinski definition) is 5. The van der Waals surface area contributed by atoms with E-state index in [2.05, 4.69) is 11.8 Å². The summed E-state index contributed by atoms with van der Waals surface area (Å²) in [4.78, 5) is 33.4. The Morgan fingerprint density at radius 1 is 1.06 bits per heavy atom. The summed E-state index contributed by atoms with van der Waals surface area (Å²) in [6.07, 6.45) is 0. The Hall–Kier alpha value is -3.88. The molecular weight excluding hydrogens is 437 g/mol. The van der Waals surface area contributed by atoms with E-state index in [9.17, 15) is 14.0 Å². The van der Waals surface area contributed by atoms with Crippen molar-refractivity contribution in [2.75, 3.05) is 18.1 Å². The lowest BCUT2D eigenvalue weighted by atomic mass is 10.1. The molecule has 1 aliphatic rings. The summed E-state index contributed by atoms with van der Waals surface area (Å²) in [5.41, 5.74) is 1.48. The Labute approximate surface area is 195 Å². The van der Waals surface area contributed by atoms with Crippen molar-refractivity contribution in [1.82, 2.24) is 18.7 Å². The maximum atomic E-state index is 13.6. The van der Waals surface area contributed by atoms with Crippen molar-refractivity contribution in [3.63, 3.8) is 0 Å². The summed E-state index contributed by atoms with van der Waals surface area (Å²) in [7, 11) is 1.62. The second kappa shape index (κ2) is 8.48. The molecule has 0 amide bonds. The maximum Gasteiger partial charge on any atom is 0.332 e. The van der Waals surface area contributed by atoms with Crippen molar-refractivity contribution in [3.05, 3.63) is 80.7 Å². The molecule has 1 aliphatic heterocycles. The summed E-state index contributed by atoms with van der Waals surface area (Å²) in [6, 6.07) is 13.6. The average molecular weight is 464 g/mol. The molecule has 0 unspecified atom stereocenters. The first-order valence-corrected chi connectivity index (χ1v) is 11.3. The van der Waals surface area contributed by atoms with E-state index >= 15 is 0 Å². The van der Waals surface area contributed by atoms with Crippen LogP contribution < -0.4 is 20.9 Å². The van der Waals surface area contributed by atoms with Crippen LogP contribution in [0.3, 0.4) is 0 Å². The molecule has 8 nitrogen and oxygen atoms in total. The van der Waals surface area contributed by atoms with Gasteiger partial charge < -0.3 is 14.2 Å². The summed E-state index contributed by atoms with van der Waals surface area (Å²) in [6.45, 7) is 6.05. The van der Waals surface area contributed by atoms with Gasteiger partial charge in [0.25, 0.3) is 5.56 Å². The number of aryl methyl sites for hydroxylation is 1. The number of aromatic nitrogens is 4.